The van der Waals surface area contributed by atoms with Crippen molar-refractivity contribution in [3.8, 4) is 11.5 Å². The molecule has 2 bridgehead atoms. The van der Waals surface area contributed by atoms with Crippen LogP contribution in [0.4, 0.5) is 0 Å². The number of phenols is 2. The van der Waals surface area contributed by atoms with Gasteiger partial charge in [0.15, 0.2) is 0 Å². The molecule has 4 heteroatoms. The summed E-state index contributed by atoms with van der Waals surface area (Å²) in [7, 11) is 0. The Morgan fingerprint density at radius 2 is 1.39 bits per heavy atom. The monoisotopic (exact) mass is 476 g/mol. The molecule has 36 heavy (non-hydrogen) atoms. The maximum absolute atomic E-state index is 10.7. The summed E-state index contributed by atoms with van der Waals surface area (Å²) in [6.07, 6.45) is 6.99. The zero-order valence-electron chi connectivity index (χ0n) is 20.9. The molecule has 182 valence electrons. The van der Waals surface area contributed by atoms with Crippen molar-refractivity contribution in [2.75, 3.05) is 6.54 Å². The lowest BCUT2D eigenvalue weighted by molar-refractivity contribution is -0.112. The van der Waals surface area contributed by atoms with E-state index in [1.165, 1.54) is 6.42 Å². The largest absolute Gasteiger partial charge is 0.507 e. The second-order valence-electron chi connectivity index (χ2n) is 11.1. The first kappa shape index (κ1) is 22.8. The standard InChI is InChI=1S/C32H32N2O2/c1-31(2)23-15-16-32(30(31)17-23,34-19-27-25-10-6-4-8-22(25)12-14-29(27)36)20-33-18-26-24-9-5-3-7-21(24)11-13-28(26)35/h3-14,18-19,23,30,35-36H,15-17,20H2,1-2H3/t23-,30?,32?/m1/s1. The first-order chi connectivity index (χ1) is 17.4. The lowest BCUT2D eigenvalue weighted by atomic mass is 9.43. The maximum atomic E-state index is 10.7. The lowest BCUT2D eigenvalue weighted by Crippen LogP contribution is -2.61. The molecule has 0 radical (unpaired) electrons. The fourth-order valence-electron chi connectivity index (χ4n) is 6.73. The summed E-state index contributed by atoms with van der Waals surface area (Å²) < 4.78 is 0. The van der Waals surface area contributed by atoms with Crippen molar-refractivity contribution >= 4 is 34.0 Å². The summed E-state index contributed by atoms with van der Waals surface area (Å²) >= 11 is 0. The Balaban J connectivity index is 1.39. The van der Waals surface area contributed by atoms with Crippen LogP contribution in [-0.2, 0) is 0 Å². The van der Waals surface area contributed by atoms with Crippen LogP contribution >= 0.6 is 0 Å². The van der Waals surface area contributed by atoms with Crippen LogP contribution in [0.5, 0.6) is 11.5 Å². The van der Waals surface area contributed by atoms with Gasteiger partial charge in [0.05, 0.1) is 12.1 Å². The van der Waals surface area contributed by atoms with Crippen LogP contribution in [0.3, 0.4) is 0 Å². The third kappa shape index (κ3) is 3.59. The van der Waals surface area contributed by atoms with Gasteiger partial charge in [-0.25, -0.2) is 0 Å². The molecule has 0 saturated heterocycles. The minimum Gasteiger partial charge on any atom is -0.507 e. The first-order valence-electron chi connectivity index (χ1n) is 12.9. The maximum Gasteiger partial charge on any atom is 0.124 e. The van der Waals surface area contributed by atoms with Gasteiger partial charge >= 0.3 is 0 Å². The Kier molecular flexibility index (Phi) is 5.36. The van der Waals surface area contributed by atoms with Crippen LogP contribution in [0.25, 0.3) is 21.5 Å². The van der Waals surface area contributed by atoms with Crippen LogP contribution < -0.4 is 0 Å². The van der Waals surface area contributed by atoms with Crippen molar-refractivity contribution < 1.29 is 10.2 Å². The van der Waals surface area contributed by atoms with E-state index in [1.807, 2.05) is 67.0 Å². The molecule has 4 nitrogen and oxygen atoms in total. The molecule has 4 aromatic carbocycles. The molecule has 2 N–H and O–H groups in total. The van der Waals surface area contributed by atoms with Crippen molar-refractivity contribution in [1.82, 2.24) is 0 Å². The zero-order valence-corrected chi connectivity index (χ0v) is 20.9. The fraction of sp³-hybridized carbons (Fsp3) is 0.312. The zero-order chi connectivity index (χ0) is 24.9. The Morgan fingerprint density at radius 3 is 1.97 bits per heavy atom. The van der Waals surface area contributed by atoms with E-state index in [0.29, 0.717) is 12.5 Å². The quantitative estimate of drug-likeness (QED) is 0.301. The van der Waals surface area contributed by atoms with Crippen molar-refractivity contribution in [3.05, 3.63) is 83.9 Å². The average Bonchev–Trinajstić information content (AvgIpc) is 2.89. The average molecular weight is 477 g/mol. The number of aliphatic imine (C=N–C) groups is 2. The molecule has 3 saturated carbocycles. The molecule has 4 aromatic rings. The Hall–Kier alpha value is -3.66. The molecule has 3 atom stereocenters. The smallest absolute Gasteiger partial charge is 0.124 e. The topological polar surface area (TPSA) is 65.2 Å². The summed E-state index contributed by atoms with van der Waals surface area (Å²) in [6.45, 7) is 5.29. The van der Waals surface area contributed by atoms with Gasteiger partial charge < -0.3 is 10.2 Å². The minimum atomic E-state index is -0.335. The van der Waals surface area contributed by atoms with Crippen molar-refractivity contribution in [3.63, 3.8) is 0 Å². The number of nitrogens with zero attached hydrogens (tertiary/aromatic N) is 2. The molecule has 0 aromatic heterocycles. The predicted molar refractivity (Wildman–Crippen MR) is 149 cm³/mol. The normalized spacial score (nSPS) is 25.1. The van der Waals surface area contributed by atoms with Gasteiger partial charge in [-0.05, 0) is 70.2 Å². The predicted octanol–water partition coefficient (Wildman–Crippen LogP) is 7.14. The highest BCUT2D eigenvalue weighted by molar-refractivity contribution is 6.03. The molecule has 3 aliphatic carbocycles. The summed E-state index contributed by atoms with van der Waals surface area (Å²) in [5.41, 5.74) is 1.40. The summed E-state index contributed by atoms with van der Waals surface area (Å²) in [4.78, 5) is 10.2. The molecule has 0 heterocycles. The van der Waals surface area contributed by atoms with E-state index in [2.05, 4.69) is 19.9 Å². The van der Waals surface area contributed by atoms with Crippen LogP contribution in [0.2, 0.25) is 0 Å². The molecule has 7 rings (SSSR count). The third-order valence-corrected chi connectivity index (χ3v) is 8.98. The third-order valence-electron chi connectivity index (χ3n) is 8.98. The Morgan fingerprint density at radius 1 is 0.806 bits per heavy atom. The Labute approximate surface area is 212 Å². The van der Waals surface area contributed by atoms with Crippen LogP contribution in [0.1, 0.15) is 44.2 Å². The minimum absolute atomic E-state index is 0.216. The SMILES string of the molecule is CC1(C)C2C[C@H]1CCC2(CN=Cc1c(O)ccc2ccccc12)N=Cc1c(O)ccc2ccccc12. The number of hydrogen-bond acceptors (Lipinski definition) is 4. The van der Waals surface area contributed by atoms with E-state index in [9.17, 15) is 10.2 Å². The second kappa shape index (κ2) is 8.48. The molecule has 3 aliphatic rings. The first-order valence-corrected chi connectivity index (χ1v) is 12.9. The number of aromatic hydroxyl groups is 2. The van der Waals surface area contributed by atoms with Gasteiger partial charge in [0.25, 0.3) is 0 Å². The molecule has 2 unspecified atom stereocenters. The van der Waals surface area contributed by atoms with E-state index in [0.717, 1.165) is 51.4 Å². The van der Waals surface area contributed by atoms with Gasteiger partial charge in [0.2, 0.25) is 0 Å². The number of rotatable bonds is 5. The number of hydrogen-bond donors (Lipinski definition) is 2. The van der Waals surface area contributed by atoms with Crippen molar-refractivity contribution in [2.24, 2.45) is 27.2 Å². The van der Waals surface area contributed by atoms with Crippen LogP contribution in [0, 0.1) is 17.3 Å². The van der Waals surface area contributed by atoms with Gasteiger partial charge in [-0.2, -0.15) is 0 Å². The molecule has 0 spiro atoms. The molecule has 0 amide bonds. The van der Waals surface area contributed by atoms with E-state index < -0.39 is 0 Å². The number of fused-ring (bicyclic) bond motifs is 4. The van der Waals surface area contributed by atoms with E-state index in [-0.39, 0.29) is 22.5 Å². The summed E-state index contributed by atoms with van der Waals surface area (Å²) in [6, 6.07) is 23.5. The summed E-state index contributed by atoms with van der Waals surface area (Å²) in [5.74, 6) is 1.65. The Bertz CT molecular complexity index is 1520. The highest BCUT2D eigenvalue weighted by Crippen LogP contribution is 2.64. The lowest BCUT2D eigenvalue weighted by Gasteiger charge is -2.63. The summed E-state index contributed by atoms with van der Waals surface area (Å²) in [5, 5.41) is 25.5. The highest BCUT2D eigenvalue weighted by Gasteiger charge is 2.61. The van der Waals surface area contributed by atoms with Gasteiger partial charge in [-0.3, -0.25) is 9.98 Å². The molecular formula is C32H32N2O2. The van der Waals surface area contributed by atoms with Crippen molar-refractivity contribution in [1.29, 1.82) is 0 Å². The van der Waals surface area contributed by atoms with E-state index in [4.69, 9.17) is 9.98 Å². The highest BCUT2D eigenvalue weighted by atomic mass is 16.3. The number of benzene rings is 4. The number of phenolic OH excluding ortho intramolecular Hbond substituents is 2. The van der Waals surface area contributed by atoms with Crippen molar-refractivity contribution in [2.45, 2.75) is 38.6 Å². The van der Waals surface area contributed by atoms with E-state index in [1.54, 1.807) is 12.1 Å². The van der Waals surface area contributed by atoms with Crippen LogP contribution in [-0.4, -0.2) is 34.7 Å². The van der Waals surface area contributed by atoms with Gasteiger partial charge in [0, 0.05) is 23.6 Å². The van der Waals surface area contributed by atoms with Gasteiger partial charge in [-0.1, -0.05) is 74.5 Å². The van der Waals surface area contributed by atoms with E-state index >= 15 is 0 Å². The molecular weight excluding hydrogens is 444 g/mol. The fourth-order valence-corrected chi connectivity index (χ4v) is 6.73. The van der Waals surface area contributed by atoms with Gasteiger partial charge in [0.1, 0.15) is 11.5 Å². The van der Waals surface area contributed by atoms with Crippen LogP contribution in [0.15, 0.2) is 82.8 Å². The molecule has 0 aliphatic heterocycles. The van der Waals surface area contributed by atoms with Gasteiger partial charge in [-0.15, -0.1) is 0 Å². The molecule has 3 fully saturated rings. The second-order valence-corrected chi connectivity index (χ2v) is 11.1.